The molecule has 0 saturated heterocycles. The molecule has 0 unspecified atom stereocenters. The minimum Gasteiger partial charge on any atom is -0.497 e. The molecule has 0 atom stereocenters. The smallest absolute Gasteiger partial charge is 0.119 e. The molecule has 2 aromatic carbocycles. The van der Waals surface area contributed by atoms with Gasteiger partial charge in [-0.3, -0.25) is 0 Å². The van der Waals surface area contributed by atoms with Crippen molar-refractivity contribution in [3.63, 3.8) is 0 Å². The standard InChI is InChI=1S/C12H11ClO/c1-14-11-6-5-9-3-2-4-10(8-13)12(9)7-11/h2-7H,8H2,1H3. The van der Waals surface area contributed by atoms with Gasteiger partial charge in [0.05, 0.1) is 7.11 Å². The van der Waals surface area contributed by atoms with E-state index in [2.05, 4.69) is 6.07 Å². The Morgan fingerprint density at radius 1 is 1.21 bits per heavy atom. The number of methoxy groups -OCH3 is 1. The van der Waals surface area contributed by atoms with Gasteiger partial charge in [-0.1, -0.05) is 24.3 Å². The highest BCUT2D eigenvalue weighted by Crippen LogP contribution is 2.24. The minimum atomic E-state index is 0.532. The second kappa shape index (κ2) is 3.89. The number of ether oxygens (including phenoxy) is 1. The Labute approximate surface area is 88.3 Å². The zero-order valence-corrected chi connectivity index (χ0v) is 8.71. The van der Waals surface area contributed by atoms with E-state index in [0.717, 1.165) is 11.3 Å². The normalized spacial score (nSPS) is 10.4. The van der Waals surface area contributed by atoms with Gasteiger partial charge in [0, 0.05) is 5.88 Å². The molecule has 0 aromatic heterocycles. The van der Waals surface area contributed by atoms with E-state index in [9.17, 15) is 0 Å². The third kappa shape index (κ3) is 1.55. The largest absolute Gasteiger partial charge is 0.497 e. The van der Waals surface area contributed by atoms with Crippen LogP contribution in [-0.4, -0.2) is 7.11 Å². The number of benzene rings is 2. The maximum atomic E-state index is 5.86. The Balaban J connectivity index is 2.70. The summed E-state index contributed by atoms with van der Waals surface area (Å²) in [5.74, 6) is 1.40. The number of fused-ring (bicyclic) bond motifs is 1. The fraction of sp³-hybridized carbons (Fsp3) is 0.167. The molecule has 0 bridgehead atoms. The monoisotopic (exact) mass is 206 g/mol. The lowest BCUT2D eigenvalue weighted by Gasteiger charge is -2.05. The first-order chi connectivity index (χ1) is 6.85. The summed E-state index contributed by atoms with van der Waals surface area (Å²) in [6.45, 7) is 0. The van der Waals surface area contributed by atoms with Crippen LogP contribution in [0.2, 0.25) is 0 Å². The number of rotatable bonds is 2. The molecule has 0 aliphatic heterocycles. The topological polar surface area (TPSA) is 9.23 Å². The van der Waals surface area contributed by atoms with Crippen molar-refractivity contribution in [1.82, 2.24) is 0 Å². The summed E-state index contributed by atoms with van der Waals surface area (Å²) >= 11 is 5.86. The van der Waals surface area contributed by atoms with Crippen LogP contribution in [0.4, 0.5) is 0 Å². The second-order valence-electron chi connectivity index (χ2n) is 3.14. The molecular formula is C12H11ClO. The molecule has 0 heterocycles. The first-order valence-electron chi connectivity index (χ1n) is 4.47. The highest BCUT2D eigenvalue weighted by atomic mass is 35.5. The van der Waals surface area contributed by atoms with Crippen LogP contribution in [0.5, 0.6) is 5.75 Å². The number of hydrogen-bond donors (Lipinski definition) is 0. The lowest BCUT2D eigenvalue weighted by molar-refractivity contribution is 0.415. The van der Waals surface area contributed by atoms with Crippen molar-refractivity contribution in [2.24, 2.45) is 0 Å². The molecule has 14 heavy (non-hydrogen) atoms. The van der Waals surface area contributed by atoms with E-state index in [-0.39, 0.29) is 0 Å². The SMILES string of the molecule is COc1ccc2cccc(CCl)c2c1. The van der Waals surface area contributed by atoms with Crippen molar-refractivity contribution < 1.29 is 4.74 Å². The Morgan fingerprint density at radius 3 is 2.79 bits per heavy atom. The third-order valence-electron chi connectivity index (χ3n) is 2.32. The summed E-state index contributed by atoms with van der Waals surface area (Å²) in [5.41, 5.74) is 1.14. The quantitative estimate of drug-likeness (QED) is 0.683. The molecule has 0 amide bonds. The summed E-state index contributed by atoms with van der Waals surface area (Å²) < 4.78 is 5.18. The molecule has 0 aliphatic rings. The van der Waals surface area contributed by atoms with Crippen LogP contribution >= 0.6 is 11.6 Å². The molecule has 0 N–H and O–H groups in total. The fourth-order valence-corrected chi connectivity index (χ4v) is 1.79. The molecular weight excluding hydrogens is 196 g/mol. The van der Waals surface area contributed by atoms with Crippen LogP contribution in [0.25, 0.3) is 10.8 Å². The van der Waals surface area contributed by atoms with Gasteiger partial charge < -0.3 is 4.74 Å². The van der Waals surface area contributed by atoms with Crippen LogP contribution < -0.4 is 4.74 Å². The molecule has 2 aromatic rings. The van der Waals surface area contributed by atoms with Crippen molar-refractivity contribution in [1.29, 1.82) is 0 Å². The van der Waals surface area contributed by atoms with Crippen LogP contribution in [0, 0.1) is 0 Å². The number of halogens is 1. The van der Waals surface area contributed by atoms with Gasteiger partial charge in [0.25, 0.3) is 0 Å². The van der Waals surface area contributed by atoms with E-state index in [1.165, 1.54) is 10.8 Å². The minimum absolute atomic E-state index is 0.532. The third-order valence-corrected chi connectivity index (χ3v) is 2.61. The molecule has 0 fully saturated rings. The molecule has 0 spiro atoms. The average molecular weight is 207 g/mol. The van der Waals surface area contributed by atoms with Crippen molar-refractivity contribution >= 4 is 22.4 Å². The van der Waals surface area contributed by atoms with Crippen molar-refractivity contribution in [3.05, 3.63) is 42.0 Å². The average Bonchev–Trinajstić information content (AvgIpc) is 2.27. The predicted octanol–water partition coefficient (Wildman–Crippen LogP) is 3.59. The molecule has 72 valence electrons. The van der Waals surface area contributed by atoms with Crippen LogP contribution in [0.15, 0.2) is 36.4 Å². The van der Waals surface area contributed by atoms with Gasteiger partial charge in [0.15, 0.2) is 0 Å². The Hall–Kier alpha value is -1.21. The summed E-state index contributed by atoms with van der Waals surface area (Å²) in [5, 5.41) is 2.37. The summed E-state index contributed by atoms with van der Waals surface area (Å²) in [4.78, 5) is 0. The first-order valence-corrected chi connectivity index (χ1v) is 5.00. The number of alkyl halides is 1. The van der Waals surface area contributed by atoms with Crippen molar-refractivity contribution in [2.75, 3.05) is 7.11 Å². The van der Waals surface area contributed by atoms with Gasteiger partial charge in [-0.05, 0) is 28.5 Å². The van der Waals surface area contributed by atoms with Gasteiger partial charge >= 0.3 is 0 Å². The Bertz CT molecular complexity index is 451. The van der Waals surface area contributed by atoms with Gasteiger partial charge in [-0.25, -0.2) is 0 Å². The van der Waals surface area contributed by atoms with E-state index < -0.39 is 0 Å². The van der Waals surface area contributed by atoms with Gasteiger partial charge in [0.1, 0.15) is 5.75 Å². The zero-order valence-electron chi connectivity index (χ0n) is 7.96. The van der Waals surface area contributed by atoms with Crippen LogP contribution in [0.1, 0.15) is 5.56 Å². The predicted molar refractivity (Wildman–Crippen MR) is 60.1 cm³/mol. The van der Waals surface area contributed by atoms with Crippen molar-refractivity contribution in [3.8, 4) is 5.75 Å². The Kier molecular flexibility index (Phi) is 2.60. The van der Waals surface area contributed by atoms with E-state index in [1.807, 2.05) is 30.3 Å². The van der Waals surface area contributed by atoms with Gasteiger partial charge in [-0.2, -0.15) is 0 Å². The Morgan fingerprint density at radius 2 is 2.07 bits per heavy atom. The molecule has 0 saturated carbocycles. The van der Waals surface area contributed by atoms with Crippen molar-refractivity contribution in [2.45, 2.75) is 5.88 Å². The maximum absolute atomic E-state index is 5.86. The molecule has 1 nitrogen and oxygen atoms in total. The summed E-state index contributed by atoms with van der Waals surface area (Å²) in [6.07, 6.45) is 0. The fourth-order valence-electron chi connectivity index (χ4n) is 1.56. The van der Waals surface area contributed by atoms with Gasteiger partial charge in [-0.15, -0.1) is 11.6 Å². The molecule has 0 aliphatic carbocycles. The zero-order chi connectivity index (χ0) is 9.97. The molecule has 0 radical (unpaired) electrons. The number of hydrogen-bond acceptors (Lipinski definition) is 1. The second-order valence-corrected chi connectivity index (χ2v) is 3.41. The lowest BCUT2D eigenvalue weighted by atomic mass is 10.1. The molecule has 2 heteroatoms. The lowest BCUT2D eigenvalue weighted by Crippen LogP contribution is -1.85. The summed E-state index contributed by atoms with van der Waals surface area (Å²) in [6, 6.07) is 12.2. The van der Waals surface area contributed by atoms with Gasteiger partial charge in [0.2, 0.25) is 0 Å². The highest BCUT2D eigenvalue weighted by molar-refractivity contribution is 6.18. The highest BCUT2D eigenvalue weighted by Gasteiger charge is 2.00. The first kappa shape index (κ1) is 9.35. The molecule has 2 rings (SSSR count). The summed E-state index contributed by atoms with van der Waals surface area (Å²) in [7, 11) is 1.67. The van der Waals surface area contributed by atoms with Crippen LogP contribution in [-0.2, 0) is 5.88 Å². The van der Waals surface area contributed by atoms with E-state index in [1.54, 1.807) is 7.11 Å². The van der Waals surface area contributed by atoms with E-state index >= 15 is 0 Å². The van der Waals surface area contributed by atoms with Crippen LogP contribution in [0.3, 0.4) is 0 Å². The van der Waals surface area contributed by atoms with E-state index in [0.29, 0.717) is 5.88 Å². The van der Waals surface area contributed by atoms with E-state index in [4.69, 9.17) is 16.3 Å². The maximum Gasteiger partial charge on any atom is 0.119 e.